The summed E-state index contributed by atoms with van der Waals surface area (Å²) in [5.74, 6) is 0.114. The van der Waals surface area contributed by atoms with E-state index in [2.05, 4.69) is 18.7 Å². The van der Waals surface area contributed by atoms with E-state index >= 15 is 0 Å². The highest BCUT2D eigenvalue weighted by atomic mass is 16.2. The van der Waals surface area contributed by atoms with Crippen molar-refractivity contribution in [1.82, 2.24) is 9.80 Å². The lowest BCUT2D eigenvalue weighted by atomic mass is 9.95. The minimum atomic E-state index is -0.692. The van der Waals surface area contributed by atoms with E-state index in [1.54, 1.807) is 0 Å². The molecule has 0 spiro atoms. The number of carbonyl (C=O) groups excluding carboxylic acids is 1. The van der Waals surface area contributed by atoms with Gasteiger partial charge < -0.3 is 15.5 Å². The van der Waals surface area contributed by atoms with Crippen molar-refractivity contribution in [3.05, 3.63) is 0 Å². The average Bonchev–Trinajstić information content (AvgIpc) is 2.40. The molecular weight excluding hydrogens is 226 g/mol. The second kappa shape index (κ2) is 6.53. The van der Waals surface area contributed by atoms with Crippen LogP contribution in [0, 0.1) is 0 Å². The lowest BCUT2D eigenvalue weighted by Crippen LogP contribution is -2.56. The molecule has 0 radical (unpaired) electrons. The zero-order valence-electron chi connectivity index (χ0n) is 12.4. The number of hydrogen-bond donors (Lipinski definition) is 1. The van der Waals surface area contributed by atoms with Crippen molar-refractivity contribution in [1.29, 1.82) is 0 Å². The van der Waals surface area contributed by atoms with Crippen molar-refractivity contribution in [3.63, 3.8) is 0 Å². The van der Waals surface area contributed by atoms with Crippen LogP contribution in [-0.2, 0) is 4.79 Å². The number of amides is 1. The Labute approximate surface area is 111 Å². The Bertz CT molecular complexity index is 266. The highest BCUT2D eigenvalue weighted by Crippen LogP contribution is 2.19. The zero-order valence-corrected chi connectivity index (χ0v) is 12.4. The van der Waals surface area contributed by atoms with Gasteiger partial charge in [-0.2, -0.15) is 0 Å². The summed E-state index contributed by atoms with van der Waals surface area (Å²) in [4.78, 5) is 16.7. The lowest BCUT2D eigenvalue weighted by molar-refractivity contribution is -0.138. The van der Waals surface area contributed by atoms with Crippen molar-refractivity contribution < 1.29 is 4.79 Å². The second-order valence-corrected chi connectivity index (χ2v) is 5.52. The molecule has 0 aliphatic carbocycles. The van der Waals surface area contributed by atoms with Gasteiger partial charge in [-0.1, -0.05) is 20.8 Å². The van der Waals surface area contributed by atoms with Crippen LogP contribution < -0.4 is 5.73 Å². The minimum Gasteiger partial charge on any atom is -0.341 e. The van der Waals surface area contributed by atoms with Gasteiger partial charge in [-0.25, -0.2) is 0 Å². The van der Waals surface area contributed by atoms with Crippen molar-refractivity contribution in [2.24, 2.45) is 5.73 Å². The molecule has 18 heavy (non-hydrogen) atoms. The summed E-state index contributed by atoms with van der Waals surface area (Å²) in [7, 11) is 0. The summed E-state index contributed by atoms with van der Waals surface area (Å²) in [5.41, 5.74) is 5.34. The monoisotopic (exact) mass is 255 g/mol. The molecule has 4 heteroatoms. The molecule has 0 aromatic rings. The van der Waals surface area contributed by atoms with Gasteiger partial charge in [-0.3, -0.25) is 4.79 Å². The van der Waals surface area contributed by atoms with Crippen LogP contribution in [0.1, 0.15) is 47.0 Å². The zero-order chi connectivity index (χ0) is 13.8. The molecule has 0 aromatic carbocycles. The van der Waals surface area contributed by atoms with Crippen molar-refractivity contribution in [2.45, 2.75) is 58.5 Å². The first kappa shape index (κ1) is 15.4. The molecular formula is C14H29N3O. The molecule has 1 rings (SSSR count). The number of likely N-dealkylation sites (tertiary alicyclic amines) is 1. The summed E-state index contributed by atoms with van der Waals surface area (Å²) in [5, 5.41) is 0. The highest BCUT2D eigenvalue weighted by molar-refractivity contribution is 5.85. The van der Waals surface area contributed by atoms with Crippen LogP contribution in [0.4, 0.5) is 0 Å². The number of nitrogens with zero attached hydrogens (tertiary/aromatic N) is 2. The Hall–Kier alpha value is -0.610. The van der Waals surface area contributed by atoms with Crippen molar-refractivity contribution in [3.8, 4) is 0 Å². The average molecular weight is 255 g/mol. The third-order valence-corrected chi connectivity index (χ3v) is 4.30. The SMILES string of the molecule is CCN(CC)C1CCN(C(=O)C(C)(N)CC)CC1. The first-order chi connectivity index (χ1) is 8.46. The topological polar surface area (TPSA) is 49.6 Å². The maximum atomic E-state index is 12.3. The van der Waals surface area contributed by atoms with E-state index < -0.39 is 5.54 Å². The number of hydrogen-bond acceptors (Lipinski definition) is 3. The van der Waals surface area contributed by atoms with Gasteiger partial charge in [0.2, 0.25) is 5.91 Å². The molecule has 1 fully saturated rings. The Kier molecular flexibility index (Phi) is 5.60. The van der Waals surface area contributed by atoms with E-state index in [1.165, 1.54) is 0 Å². The predicted molar refractivity (Wildman–Crippen MR) is 75.4 cm³/mol. The van der Waals surface area contributed by atoms with Crippen LogP contribution in [0.2, 0.25) is 0 Å². The number of nitrogens with two attached hydrogens (primary N) is 1. The summed E-state index contributed by atoms with van der Waals surface area (Å²) < 4.78 is 0. The largest absolute Gasteiger partial charge is 0.341 e. The van der Waals surface area contributed by atoms with E-state index in [-0.39, 0.29) is 5.91 Å². The molecule has 1 saturated heterocycles. The number of rotatable bonds is 5. The smallest absolute Gasteiger partial charge is 0.242 e. The standard InChI is InChI=1S/C14H29N3O/c1-5-14(4,15)13(18)17-10-8-12(9-11-17)16(6-2)7-3/h12H,5-11,15H2,1-4H3. The fourth-order valence-electron chi connectivity index (χ4n) is 2.69. The molecule has 4 nitrogen and oxygen atoms in total. The van der Waals surface area contributed by atoms with Crippen LogP contribution in [-0.4, -0.2) is 53.5 Å². The van der Waals surface area contributed by atoms with Crippen molar-refractivity contribution >= 4 is 5.91 Å². The first-order valence-corrected chi connectivity index (χ1v) is 7.28. The summed E-state index contributed by atoms with van der Waals surface area (Å²) in [6, 6.07) is 0.634. The lowest BCUT2D eigenvalue weighted by Gasteiger charge is -2.40. The van der Waals surface area contributed by atoms with Gasteiger partial charge in [0.05, 0.1) is 5.54 Å². The fraction of sp³-hybridized carbons (Fsp3) is 0.929. The summed E-state index contributed by atoms with van der Waals surface area (Å²) in [6.07, 6.45) is 2.85. The Morgan fingerprint density at radius 3 is 2.17 bits per heavy atom. The summed E-state index contributed by atoms with van der Waals surface area (Å²) >= 11 is 0. The third-order valence-electron chi connectivity index (χ3n) is 4.30. The maximum absolute atomic E-state index is 12.3. The second-order valence-electron chi connectivity index (χ2n) is 5.52. The Balaban J connectivity index is 2.51. The van der Waals surface area contributed by atoms with Gasteiger partial charge in [0.1, 0.15) is 0 Å². The Morgan fingerprint density at radius 2 is 1.78 bits per heavy atom. The van der Waals surface area contributed by atoms with Crippen molar-refractivity contribution in [2.75, 3.05) is 26.2 Å². The van der Waals surface area contributed by atoms with E-state index in [9.17, 15) is 4.79 Å². The molecule has 1 heterocycles. The molecule has 1 atom stereocenters. The maximum Gasteiger partial charge on any atom is 0.242 e. The van der Waals surface area contributed by atoms with Gasteiger partial charge in [0.15, 0.2) is 0 Å². The van der Waals surface area contributed by atoms with Crippen LogP contribution in [0.3, 0.4) is 0 Å². The molecule has 1 unspecified atom stereocenters. The number of carbonyl (C=O) groups is 1. The predicted octanol–water partition coefficient (Wildman–Crippen LogP) is 1.45. The van der Waals surface area contributed by atoms with Gasteiger partial charge in [-0.05, 0) is 39.3 Å². The van der Waals surface area contributed by atoms with E-state index in [0.717, 1.165) is 39.0 Å². The van der Waals surface area contributed by atoms with E-state index in [0.29, 0.717) is 12.5 Å². The molecule has 2 N–H and O–H groups in total. The highest BCUT2D eigenvalue weighted by Gasteiger charge is 2.33. The van der Waals surface area contributed by atoms with Gasteiger partial charge in [-0.15, -0.1) is 0 Å². The van der Waals surface area contributed by atoms with Crippen LogP contribution in [0.15, 0.2) is 0 Å². The molecule has 1 aliphatic heterocycles. The third kappa shape index (κ3) is 3.45. The Morgan fingerprint density at radius 1 is 1.28 bits per heavy atom. The fourth-order valence-corrected chi connectivity index (χ4v) is 2.69. The number of piperidine rings is 1. The molecule has 0 saturated carbocycles. The quantitative estimate of drug-likeness (QED) is 0.809. The molecule has 1 aliphatic rings. The van der Waals surface area contributed by atoms with Crippen LogP contribution >= 0.6 is 0 Å². The van der Waals surface area contributed by atoms with Gasteiger partial charge >= 0.3 is 0 Å². The molecule has 106 valence electrons. The molecule has 1 amide bonds. The van der Waals surface area contributed by atoms with Crippen LogP contribution in [0.25, 0.3) is 0 Å². The summed E-state index contributed by atoms with van der Waals surface area (Å²) in [6.45, 7) is 12.1. The minimum absolute atomic E-state index is 0.114. The van der Waals surface area contributed by atoms with Crippen LogP contribution in [0.5, 0.6) is 0 Å². The van der Waals surface area contributed by atoms with E-state index in [1.807, 2.05) is 18.7 Å². The van der Waals surface area contributed by atoms with E-state index in [4.69, 9.17) is 5.73 Å². The van der Waals surface area contributed by atoms with Gasteiger partial charge in [0.25, 0.3) is 0 Å². The first-order valence-electron chi connectivity index (χ1n) is 7.28. The van der Waals surface area contributed by atoms with Gasteiger partial charge in [0, 0.05) is 19.1 Å². The molecule has 0 aromatic heterocycles. The molecule has 0 bridgehead atoms. The normalized spacial score (nSPS) is 21.1.